The molecule has 7 heteroatoms. The van der Waals surface area contributed by atoms with Gasteiger partial charge in [-0.2, -0.15) is 0 Å². The predicted molar refractivity (Wildman–Crippen MR) is 86.4 cm³/mol. The Balaban J connectivity index is 2.64. The number of nitrogens with two attached hydrogens (primary N) is 1. The molecule has 0 bridgehead atoms. The third-order valence-corrected chi connectivity index (χ3v) is 3.46. The topological polar surface area (TPSA) is 67.2 Å². The van der Waals surface area contributed by atoms with Crippen molar-refractivity contribution < 1.29 is 9.18 Å². The maximum atomic E-state index is 14.0. The molecule has 0 aliphatic carbocycles. The van der Waals surface area contributed by atoms with Gasteiger partial charge in [0, 0.05) is 24.6 Å². The number of rotatable bonds is 6. The van der Waals surface area contributed by atoms with E-state index in [1.807, 2.05) is 13.8 Å². The van der Waals surface area contributed by atoms with Crippen molar-refractivity contribution in [2.75, 3.05) is 11.9 Å². The van der Waals surface area contributed by atoms with Crippen LogP contribution in [0.15, 0.2) is 16.6 Å². The van der Waals surface area contributed by atoms with Crippen LogP contribution in [0.4, 0.5) is 10.1 Å². The van der Waals surface area contributed by atoms with E-state index in [1.54, 1.807) is 12.1 Å². The van der Waals surface area contributed by atoms with Gasteiger partial charge in [-0.05, 0) is 41.9 Å². The monoisotopic (exact) mass is 361 g/mol. The standard InChI is InChI=1S/C13H17BrFN3OS/c1-7(2)18-10(19)5-6-17-9-4-3-8(13(16)20)11(14)12(9)15/h3-4,7,17H,5-6H2,1-2H3,(H2,16,20)(H,18,19). The lowest BCUT2D eigenvalue weighted by atomic mass is 10.2. The molecule has 4 N–H and O–H groups in total. The number of amides is 1. The maximum Gasteiger partial charge on any atom is 0.221 e. The third-order valence-electron chi connectivity index (χ3n) is 2.46. The molecule has 0 radical (unpaired) electrons. The highest BCUT2D eigenvalue weighted by molar-refractivity contribution is 9.10. The summed E-state index contributed by atoms with van der Waals surface area (Å²) in [5.41, 5.74) is 6.23. The van der Waals surface area contributed by atoms with Crippen LogP contribution in [0.3, 0.4) is 0 Å². The Morgan fingerprint density at radius 3 is 2.70 bits per heavy atom. The number of carbonyl (C=O) groups excluding carboxylic acids is 1. The molecular weight excluding hydrogens is 345 g/mol. The number of carbonyl (C=O) groups is 1. The summed E-state index contributed by atoms with van der Waals surface area (Å²) in [7, 11) is 0. The number of nitrogens with one attached hydrogen (secondary N) is 2. The first kappa shape index (κ1) is 16.8. The smallest absolute Gasteiger partial charge is 0.221 e. The summed E-state index contributed by atoms with van der Waals surface area (Å²) in [5, 5.41) is 5.64. The second-order valence-electron chi connectivity index (χ2n) is 4.55. The molecule has 0 aromatic heterocycles. The Morgan fingerprint density at radius 2 is 2.15 bits per heavy atom. The molecule has 0 fully saturated rings. The van der Waals surface area contributed by atoms with Crippen molar-refractivity contribution in [3.05, 3.63) is 28.0 Å². The lowest BCUT2D eigenvalue weighted by molar-refractivity contribution is -0.121. The van der Waals surface area contributed by atoms with Crippen LogP contribution in [0.25, 0.3) is 0 Å². The minimum atomic E-state index is -0.473. The van der Waals surface area contributed by atoms with E-state index in [1.165, 1.54) is 0 Å². The fourth-order valence-electron chi connectivity index (χ4n) is 1.58. The molecule has 0 atom stereocenters. The summed E-state index contributed by atoms with van der Waals surface area (Å²) in [5.74, 6) is -0.550. The highest BCUT2D eigenvalue weighted by atomic mass is 79.9. The lowest BCUT2D eigenvalue weighted by Crippen LogP contribution is -2.31. The van der Waals surface area contributed by atoms with E-state index in [-0.39, 0.29) is 27.8 Å². The normalized spacial score (nSPS) is 10.4. The first-order valence-electron chi connectivity index (χ1n) is 6.14. The van der Waals surface area contributed by atoms with Gasteiger partial charge >= 0.3 is 0 Å². The van der Waals surface area contributed by atoms with Gasteiger partial charge in [0.25, 0.3) is 0 Å². The fraction of sp³-hybridized carbons (Fsp3) is 0.385. The van der Waals surface area contributed by atoms with Crippen LogP contribution in [0.1, 0.15) is 25.8 Å². The Morgan fingerprint density at radius 1 is 1.50 bits per heavy atom. The maximum absolute atomic E-state index is 14.0. The lowest BCUT2D eigenvalue weighted by Gasteiger charge is -2.12. The number of halogens is 2. The molecule has 0 spiro atoms. The molecule has 0 unspecified atom stereocenters. The van der Waals surface area contributed by atoms with Gasteiger partial charge in [-0.1, -0.05) is 12.2 Å². The van der Waals surface area contributed by atoms with E-state index < -0.39 is 5.82 Å². The Bertz CT molecular complexity index is 523. The third kappa shape index (κ3) is 4.72. The van der Waals surface area contributed by atoms with E-state index in [2.05, 4.69) is 26.6 Å². The second-order valence-corrected chi connectivity index (χ2v) is 5.78. The van der Waals surface area contributed by atoms with Gasteiger partial charge in [-0.15, -0.1) is 0 Å². The summed E-state index contributed by atoms with van der Waals surface area (Å²) >= 11 is 7.95. The SMILES string of the molecule is CC(C)NC(=O)CCNc1ccc(C(N)=S)c(Br)c1F. The first-order chi connectivity index (χ1) is 9.32. The number of anilines is 1. The van der Waals surface area contributed by atoms with Crippen LogP contribution < -0.4 is 16.4 Å². The van der Waals surface area contributed by atoms with E-state index in [0.29, 0.717) is 17.8 Å². The van der Waals surface area contributed by atoms with Crippen molar-refractivity contribution in [3.8, 4) is 0 Å². The van der Waals surface area contributed by atoms with E-state index in [9.17, 15) is 9.18 Å². The average molecular weight is 362 g/mol. The zero-order valence-electron chi connectivity index (χ0n) is 11.3. The Hall–Kier alpha value is -1.21. The van der Waals surface area contributed by atoms with Crippen LogP contribution in [-0.4, -0.2) is 23.5 Å². The molecule has 20 heavy (non-hydrogen) atoms. The number of thiocarbonyl (C=S) groups is 1. The summed E-state index contributed by atoms with van der Waals surface area (Å²) in [4.78, 5) is 11.6. The second kappa shape index (κ2) is 7.54. The van der Waals surface area contributed by atoms with Crippen molar-refractivity contribution in [2.24, 2.45) is 5.73 Å². The molecule has 1 aromatic carbocycles. The van der Waals surface area contributed by atoms with Gasteiger partial charge < -0.3 is 16.4 Å². The fourth-order valence-corrected chi connectivity index (χ4v) is 2.44. The zero-order valence-corrected chi connectivity index (χ0v) is 13.7. The molecule has 1 amide bonds. The minimum absolute atomic E-state index is 0.0771. The molecule has 0 aliphatic heterocycles. The van der Waals surface area contributed by atoms with Crippen LogP contribution >= 0.6 is 28.1 Å². The summed E-state index contributed by atoms with van der Waals surface area (Å²) in [6.07, 6.45) is 0.270. The minimum Gasteiger partial charge on any atom is -0.389 e. The van der Waals surface area contributed by atoms with Gasteiger partial charge in [0.1, 0.15) is 4.99 Å². The molecule has 1 aromatic rings. The van der Waals surface area contributed by atoms with Crippen molar-refractivity contribution in [1.82, 2.24) is 5.32 Å². The van der Waals surface area contributed by atoms with E-state index in [4.69, 9.17) is 18.0 Å². The van der Waals surface area contributed by atoms with Gasteiger partial charge in [-0.25, -0.2) is 4.39 Å². The largest absolute Gasteiger partial charge is 0.389 e. The average Bonchev–Trinajstić information content (AvgIpc) is 2.33. The number of hydrogen-bond donors (Lipinski definition) is 3. The summed E-state index contributed by atoms with van der Waals surface area (Å²) in [6.45, 7) is 4.11. The van der Waals surface area contributed by atoms with Gasteiger partial charge in [0.15, 0.2) is 5.82 Å². The molecular formula is C13H17BrFN3OS. The number of benzene rings is 1. The van der Waals surface area contributed by atoms with Crippen molar-refractivity contribution >= 4 is 44.7 Å². The number of hydrogen-bond acceptors (Lipinski definition) is 3. The molecule has 4 nitrogen and oxygen atoms in total. The highest BCUT2D eigenvalue weighted by Crippen LogP contribution is 2.27. The van der Waals surface area contributed by atoms with Gasteiger partial charge in [0.2, 0.25) is 5.91 Å². The Kier molecular flexibility index (Phi) is 6.35. The molecule has 0 saturated carbocycles. The summed E-state index contributed by atoms with van der Waals surface area (Å²) < 4.78 is 14.3. The first-order valence-corrected chi connectivity index (χ1v) is 7.34. The molecule has 0 saturated heterocycles. The molecule has 110 valence electrons. The summed E-state index contributed by atoms with van der Waals surface area (Å²) in [6, 6.07) is 3.28. The Labute approximate surface area is 131 Å². The van der Waals surface area contributed by atoms with Crippen LogP contribution in [0.2, 0.25) is 0 Å². The van der Waals surface area contributed by atoms with Crippen molar-refractivity contribution in [3.63, 3.8) is 0 Å². The van der Waals surface area contributed by atoms with Crippen molar-refractivity contribution in [2.45, 2.75) is 26.3 Å². The molecule has 0 aliphatic rings. The van der Waals surface area contributed by atoms with Gasteiger partial charge in [-0.3, -0.25) is 4.79 Å². The van der Waals surface area contributed by atoms with Gasteiger partial charge in [0.05, 0.1) is 10.2 Å². The van der Waals surface area contributed by atoms with Crippen LogP contribution in [0, 0.1) is 5.82 Å². The highest BCUT2D eigenvalue weighted by Gasteiger charge is 2.13. The molecule has 0 heterocycles. The van der Waals surface area contributed by atoms with Crippen molar-refractivity contribution in [1.29, 1.82) is 0 Å². The zero-order chi connectivity index (χ0) is 15.3. The quantitative estimate of drug-likeness (QED) is 0.681. The van der Waals surface area contributed by atoms with E-state index in [0.717, 1.165) is 0 Å². The molecule has 1 rings (SSSR count). The van der Waals surface area contributed by atoms with E-state index >= 15 is 0 Å². The van der Waals surface area contributed by atoms with Crippen LogP contribution in [0.5, 0.6) is 0 Å². The van der Waals surface area contributed by atoms with Crippen LogP contribution in [-0.2, 0) is 4.79 Å². The predicted octanol–water partition coefficient (Wildman–Crippen LogP) is 2.55.